The van der Waals surface area contributed by atoms with Crippen LogP contribution < -0.4 is 15.4 Å². The molecule has 1 amide bonds. The number of nitrogens with one attached hydrogen (secondary N) is 2. The third kappa shape index (κ3) is 18.1. The van der Waals surface area contributed by atoms with Crippen molar-refractivity contribution in [1.82, 2.24) is 15.5 Å². The quantitative estimate of drug-likeness (QED) is 0.0931. The Bertz CT molecular complexity index is 1590. The molecule has 2 atom stereocenters. The van der Waals surface area contributed by atoms with Crippen LogP contribution in [0.5, 0.6) is 5.75 Å². The second kappa shape index (κ2) is 21.5. The van der Waals surface area contributed by atoms with Gasteiger partial charge in [0.2, 0.25) is 0 Å². The maximum absolute atomic E-state index is 14.2. The van der Waals surface area contributed by atoms with Crippen molar-refractivity contribution < 1.29 is 28.7 Å². The first-order chi connectivity index (χ1) is 27.0. The van der Waals surface area contributed by atoms with Crippen LogP contribution in [-0.2, 0) is 25.5 Å². The molecule has 0 saturated carbocycles. The molecule has 0 aliphatic carbocycles. The number of allylic oxidation sites excluding steroid dienone is 3. The van der Waals surface area contributed by atoms with Crippen molar-refractivity contribution in [3.63, 3.8) is 0 Å². The summed E-state index contributed by atoms with van der Waals surface area (Å²) in [5.74, 6) is 1.32. The number of ketones is 3. The smallest absolute Gasteiger partial charge is 0.409 e. The van der Waals surface area contributed by atoms with Crippen LogP contribution in [0.25, 0.3) is 0 Å². The monoisotopic (exact) mass is 822 g/mol. The van der Waals surface area contributed by atoms with Crippen LogP contribution in [0.15, 0.2) is 48.6 Å². The summed E-state index contributed by atoms with van der Waals surface area (Å²) in [4.78, 5) is 54.9. The summed E-state index contributed by atoms with van der Waals surface area (Å²) >= 11 is 0. The summed E-state index contributed by atoms with van der Waals surface area (Å²) in [5, 5.41) is 7.33. The highest BCUT2D eigenvalue weighted by atomic mass is 16.6. The number of carbonyl (C=O) groups excluding carboxylic acids is 4. The largest absolute Gasteiger partial charge is 0.490 e. The Labute approximate surface area is 359 Å². The van der Waals surface area contributed by atoms with E-state index in [9.17, 15) is 19.2 Å². The van der Waals surface area contributed by atoms with Crippen LogP contribution in [-0.4, -0.2) is 76.8 Å². The molecule has 2 N–H and O–H groups in total. The third-order valence-electron chi connectivity index (χ3n) is 10.5. The lowest BCUT2D eigenvalue weighted by Crippen LogP contribution is -2.63. The average Bonchev–Trinajstić information content (AvgIpc) is 3.51. The number of ether oxygens (including phenoxy) is 2. The number of hydrogen-bond donors (Lipinski definition) is 2. The van der Waals surface area contributed by atoms with Gasteiger partial charge in [0.1, 0.15) is 18.1 Å². The minimum absolute atomic E-state index is 0.121. The van der Waals surface area contributed by atoms with Crippen LogP contribution in [0.4, 0.5) is 4.79 Å². The van der Waals surface area contributed by atoms with Gasteiger partial charge in [-0.15, -0.1) is 0 Å². The fourth-order valence-corrected chi connectivity index (χ4v) is 7.97. The summed E-state index contributed by atoms with van der Waals surface area (Å²) in [6, 6.07) is 7.75. The number of hydrogen-bond acceptors (Lipinski definition) is 8. The van der Waals surface area contributed by atoms with E-state index < -0.39 is 21.9 Å². The van der Waals surface area contributed by atoms with Gasteiger partial charge in [-0.25, -0.2) is 4.79 Å². The van der Waals surface area contributed by atoms with Gasteiger partial charge in [0.05, 0.1) is 17.7 Å². The predicted octanol–water partition coefficient (Wildman–Crippen LogP) is 10.8. The number of rotatable bonds is 21. The van der Waals surface area contributed by atoms with Crippen molar-refractivity contribution in [2.45, 2.75) is 190 Å². The minimum atomic E-state index is -0.784. The van der Waals surface area contributed by atoms with Crippen molar-refractivity contribution in [3.05, 3.63) is 54.1 Å². The highest BCUT2D eigenvalue weighted by molar-refractivity contribution is 5.94. The maximum atomic E-state index is 14.2. The molecule has 1 aliphatic rings. The van der Waals surface area contributed by atoms with Gasteiger partial charge in [-0.1, -0.05) is 98.8 Å². The Kier molecular flexibility index (Phi) is 18.9. The Hall–Kier alpha value is -3.30. The summed E-state index contributed by atoms with van der Waals surface area (Å²) in [5.41, 5.74) is -2.40. The maximum Gasteiger partial charge on any atom is 0.409 e. The van der Waals surface area contributed by atoms with Gasteiger partial charge < -0.3 is 19.7 Å². The van der Waals surface area contributed by atoms with Gasteiger partial charge in [-0.3, -0.25) is 19.7 Å². The number of amides is 1. The molecule has 1 aromatic rings. The molecule has 0 aromatic heterocycles. The zero-order chi connectivity index (χ0) is 44.9. The van der Waals surface area contributed by atoms with Crippen molar-refractivity contribution in [2.75, 3.05) is 26.3 Å². The molecule has 1 fully saturated rings. The van der Waals surface area contributed by atoms with Crippen molar-refractivity contribution in [2.24, 2.45) is 16.2 Å². The molecule has 1 aliphatic heterocycles. The lowest BCUT2D eigenvalue weighted by Gasteiger charge is -2.43. The summed E-state index contributed by atoms with van der Waals surface area (Å²) < 4.78 is 11.6. The highest BCUT2D eigenvalue weighted by Gasteiger charge is 2.51. The second-order valence-electron chi connectivity index (χ2n) is 22.0. The topological polar surface area (TPSA) is 114 Å². The minimum Gasteiger partial charge on any atom is -0.490 e. The molecule has 1 aromatic carbocycles. The number of carbonyl (C=O) groups is 4. The Morgan fingerprint density at radius 3 is 1.83 bits per heavy atom. The van der Waals surface area contributed by atoms with E-state index in [1.807, 2.05) is 113 Å². The van der Waals surface area contributed by atoms with E-state index in [0.717, 1.165) is 56.3 Å². The molecule has 1 unspecified atom stereocenters. The van der Waals surface area contributed by atoms with E-state index in [1.54, 1.807) is 4.90 Å². The lowest BCUT2D eigenvalue weighted by atomic mass is 9.72. The lowest BCUT2D eigenvalue weighted by molar-refractivity contribution is -0.135. The van der Waals surface area contributed by atoms with E-state index in [-0.39, 0.29) is 39.9 Å². The molecule has 9 nitrogen and oxygen atoms in total. The zero-order valence-electron chi connectivity index (χ0n) is 39.9. The molecule has 59 heavy (non-hydrogen) atoms. The van der Waals surface area contributed by atoms with Gasteiger partial charge in [0.25, 0.3) is 0 Å². The van der Waals surface area contributed by atoms with E-state index in [4.69, 9.17) is 9.47 Å². The first-order valence-electron chi connectivity index (χ1n) is 22.2. The Balaban J connectivity index is 1.91. The van der Waals surface area contributed by atoms with E-state index in [2.05, 4.69) is 49.6 Å². The first-order valence-corrected chi connectivity index (χ1v) is 22.2. The highest BCUT2D eigenvalue weighted by Crippen LogP contribution is 2.35. The molecule has 334 valence electrons. The van der Waals surface area contributed by atoms with E-state index >= 15 is 0 Å². The van der Waals surface area contributed by atoms with Crippen LogP contribution in [0.3, 0.4) is 0 Å². The zero-order valence-corrected chi connectivity index (χ0v) is 39.9. The third-order valence-corrected chi connectivity index (χ3v) is 10.5. The molecule has 2 rings (SSSR count). The van der Waals surface area contributed by atoms with Crippen LogP contribution in [0, 0.1) is 16.2 Å². The number of benzene rings is 1. The average molecular weight is 822 g/mol. The Morgan fingerprint density at radius 1 is 0.729 bits per heavy atom. The first kappa shape index (κ1) is 51.8. The van der Waals surface area contributed by atoms with Crippen molar-refractivity contribution >= 4 is 23.4 Å². The molecular formula is C50H83N3O6. The normalized spacial score (nSPS) is 18.1. The van der Waals surface area contributed by atoms with Gasteiger partial charge in [0, 0.05) is 46.8 Å². The van der Waals surface area contributed by atoms with Crippen molar-refractivity contribution in [1.29, 1.82) is 0 Å². The fraction of sp³-hybridized carbons (Fsp3) is 0.720. The number of Topliss-reactive ketones (excluding diaryl/α,β-unsaturated/α-hetero) is 3. The molecule has 1 saturated heterocycles. The van der Waals surface area contributed by atoms with E-state index in [0.29, 0.717) is 45.6 Å². The predicted molar refractivity (Wildman–Crippen MR) is 243 cm³/mol. The van der Waals surface area contributed by atoms with Gasteiger partial charge in [0.15, 0.2) is 11.6 Å². The summed E-state index contributed by atoms with van der Waals surface area (Å²) in [6.07, 6.45) is 15.5. The standard InChI is InChI=1S/C50H83N3O6/c1-44(2,3)40(54)36-38-27-26-28-39(35-38)58-33-24-21-19-23-30-49(51-47(10,11)12,41(55)45(4,5)6)29-22-18-16-17-20-25-34-59-43(57)53-32-31-50(37-53,52-48(13,14)15)42(56)46(7,8)9/h16-17,21,24,26-28,35,51-52H,18-20,22-23,25,29-34,36-37H2,1-15H3/b17-16+,24-21+/t49?,50-/m0/s1. The van der Waals surface area contributed by atoms with Gasteiger partial charge in [-0.2, -0.15) is 0 Å². The molecule has 0 spiro atoms. The molecule has 0 bridgehead atoms. The molecule has 1 heterocycles. The number of likely N-dealkylation sites (tertiary alicyclic amines) is 1. The Morgan fingerprint density at radius 2 is 1.31 bits per heavy atom. The summed E-state index contributed by atoms with van der Waals surface area (Å²) in [7, 11) is 0. The van der Waals surface area contributed by atoms with Gasteiger partial charge in [-0.05, 0) is 117 Å². The molecular weight excluding hydrogens is 739 g/mol. The van der Waals surface area contributed by atoms with Crippen LogP contribution >= 0.6 is 0 Å². The molecule has 0 radical (unpaired) electrons. The SMILES string of the molecule is CC(C)(C)NC(CCC/C=C/CCCOC(=O)N1CC[C@@](NC(C)(C)C)(C(=O)C(C)(C)C)C1)(CCC/C=C/COc1cccc(CC(=O)C(C)(C)C)c1)C(=O)C(C)(C)C. The van der Waals surface area contributed by atoms with Gasteiger partial charge >= 0.3 is 6.09 Å². The van der Waals surface area contributed by atoms with Crippen LogP contribution in [0.2, 0.25) is 0 Å². The number of unbranched alkanes of at least 4 members (excludes halogenated alkanes) is 3. The molecule has 9 heteroatoms. The summed E-state index contributed by atoms with van der Waals surface area (Å²) in [6.45, 7) is 31.8. The number of nitrogens with zero attached hydrogens (tertiary/aromatic N) is 1. The van der Waals surface area contributed by atoms with Crippen LogP contribution in [0.1, 0.15) is 167 Å². The fourth-order valence-electron chi connectivity index (χ4n) is 7.97. The van der Waals surface area contributed by atoms with E-state index in [1.165, 1.54) is 0 Å². The second-order valence-corrected chi connectivity index (χ2v) is 22.0. The van der Waals surface area contributed by atoms with Crippen molar-refractivity contribution in [3.8, 4) is 5.75 Å².